The molecule has 0 saturated carbocycles. The van der Waals surface area contributed by atoms with Crippen LogP contribution in [0.4, 0.5) is 0 Å². The molecule has 0 aliphatic carbocycles. The minimum atomic E-state index is -0.175. The van der Waals surface area contributed by atoms with E-state index in [1.54, 1.807) is 13.1 Å². The summed E-state index contributed by atoms with van der Waals surface area (Å²) in [5, 5.41) is 6.28. The van der Waals surface area contributed by atoms with Crippen LogP contribution >= 0.6 is 24.0 Å². The minimum absolute atomic E-state index is 0. The molecule has 7 nitrogen and oxygen atoms in total. The van der Waals surface area contributed by atoms with Crippen molar-refractivity contribution in [3.05, 3.63) is 59.0 Å². The first-order valence-corrected chi connectivity index (χ1v) is 10.0. The summed E-state index contributed by atoms with van der Waals surface area (Å²) in [6, 6.07) is 10.1. The molecule has 164 valence electrons. The Balaban J connectivity index is 0.00000320. The van der Waals surface area contributed by atoms with Gasteiger partial charge >= 0.3 is 0 Å². The number of nitrogens with zero attached hydrogens (tertiary/aromatic N) is 2. The van der Waals surface area contributed by atoms with Crippen molar-refractivity contribution in [3.8, 4) is 0 Å². The topological polar surface area (TPSA) is 79.1 Å². The van der Waals surface area contributed by atoms with Gasteiger partial charge in [0, 0.05) is 32.2 Å². The van der Waals surface area contributed by atoms with Gasteiger partial charge in [0.25, 0.3) is 5.91 Å². The van der Waals surface area contributed by atoms with Gasteiger partial charge in [-0.25, -0.2) is 0 Å². The van der Waals surface area contributed by atoms with Crippen molar-refractivity contribution in [2.75, 3.05) is 39.8 Å². The Morgan fingerprint density at radius 1 is 1.17 bits per heavy atom. The van der Waals surface area contributed by atoms with Gasteiger partial charge in [0.2, 0.25) is 0 Å². The zero-order valence-electron chi connectivity index (χ0n) is 17.8. The highest BCUT2D eigenvalue weighted by Gasteiger charge is 2.25. The molecule has 30 heavy (non-hydrogen) atoms. The van der Waals surface area contributed by atoms with E-state index in [-0.39, 0.29) is 36.0 Å². The van der Waals surface area contributed by atoms with E-state index in [1.807, 2.05) is 13.0 Å². The second kappa shape index (κ2) is 11.9. The van der Waals surface area contributed by atoms with E-state index in [1.165, 1.54) is 17.4 Å². The van der Waals surface area contributed by atoms with E-state index in [9.17, 15) is 4.79 Å². The van der Waals surface area contributed by atoms with E-state index in [2.05, 4.69) is 45.6 Å². The molecule has 1 aromatic heterocycles. The molecule has 2 heterocycles. The van der Waals surface area contributed by atoms with Gasteiger partial charge in [-0.1, -0.05) is 24.3 Å². The average Bonchev–Trinajstić information content (AvgIpc) is 3.17. The van der Waals surface area contributed by atoms with Gasteiger partial charge in [0.05, 0.1) is 19.4 Å². The fourth-order valence-electron chi connectivity index (χ4n) is 3.49. The quantitative estimate of drug-likeness (QED) is 0.262. The molecule has 2 aromatic rings. The fourth-order valence-corrected chi connectivity index (χ4v) is 3.49. The van der Waals surface area contributed by atoms with Crippen LogP contribution < -0.4 is 10.6 Å². The number of hydrogen-bond donors (Lipinski definition) is 2. The summed E-state index contributed by atoms with van der Waals surface area (Å²) in [5.41, 5.74) is 3.31. The zero-order valence-corrected chi connectivity index (χ0v) is 20.1. The third-order valence-corrected chi connectivity index (χ3v) is 5.10. The van der Waals surface area contributed by atoms with Gasteiger partial charge in [-0.2, -0.15) is 0 Å². The number of carbonyl (C=O) groups excluding carboxylic acids is 1. The smallest absolute Gasteiger partial charge is 0.287 e. The maximum absolute atomic E-state index is 12.1. The molecule has 0 spiro atoms. The summed E-state index contributed by atoms with van der Waals surface area (Å²) in [7, 11) is 1.79. The summed E-state index contributed by atoms with van der Waals surface area (Å²) in [6.07, 6.45) is 2.36. The SMILES string of the molecule is CN=C(NCCCNC(=O)c1occc1C)N1CCOC(c2ccccc2C)C1.I. The largest absolute Gasteiger partial charge is 0.459 e. The van der Waals surface area contributed by atoms with Crippen molar-refractivity contribution in [2.24, 2.45) is 4.99 Å². The number of ether oxygens (including phenoxy) is 1. The number of benzene rings is 1. The van der Waals surface area contributed by atoms with Crippen LogP contribution in [0.1, 0.15) is 39.8 Å². The van der Waals surface area contributed by atoms with Crippen LogP contribution in [0.25, 0.3) is 0 Å². The predicted molar refractivity (Wildman–Crippen MR) is 129 cm³/mol. The Bertz CT molecular complexity index is 852. The van der Waals surface area contributed by atoms with E-state index in [0.29, 0.717) is 18.9 Å². The molecule has 1 aromatic carbocycles. The van der Waals surface area contributed by atoms with Gasteiger partial charge in [0.1, 0.15) is 6.10 Å². The van der Waals surface area contributed by atoms with Crippen LogP contribution in [0, 0.1) is 13.8 Å². The summed E-state index contributed by atoms with van der Waals surface area (Å²) >= 11 is 0. The number of rotatable bonds is 6. The summed E-state index contributed by atoms with van der Waals surface area (Å²) in [4.78, 5) is 18.7. The Morgan fingerprint density at radius 2 is 1.93 bits per heavy atom. The molecule has 3 rings (SSSR count). The van der Waals surface area contributed by atoms with Crippen molar-refractivity contribution >= 4 is 35.8 Å². The molecule has 1 saturated heterocycles. The third-order valence-electron chi connectivity index (χ3n) is 5.10. The lowest BCUT2D eigenvalue weighted by atomic mass is 10.0. The summed E-state index contributed by atoms with van der Waals surface area (Å²) < 4.78 is 11.2. The third kappa shape index (κ3) is 6.21. The number of guanidine groups is 1. The van der Waals surface area contributed by atoms with E-state index in [4.69, 9.17) is 9.15 Å². The maximum atomic E-state index is 12.1. The molecule has 1 amide bonds. The lowest BCUT2D eigenvalue weighted by Crippen LogP contribution is -2.48. The molecule has 0 radical (unpaired) electrons. The molecular weight excluding hydrogens is 495 g/mol. The van der Waals surface area contributed by atoms with Gasteiger partial charge in [-0.15, -0.1) is 24.0 Å². The van der Waals surface area contributed by atoms with Crippen LogP contribution in [0.3, 0.4) is 0 Å². The molecular formula is C22H31IN4O3. The Kier molecular flexibility index (Phi) is 9.64. The highest BCUT2D eigenvalue weighted by molar-refractivity contribution is 14.0. The first-order chi connectivity index (χ1) is 14.1. The van der Waals surface area contributed by atoms with Crippen molar-refractivity contribution < 1.29 is 13.9 Å². The highest BCUT2D eigenvalue weighted by Crippen LogP contribution is 2.24. The predicted octanol–water partition coefficient (Wildman–Crippen LogP) is 3.28. The van der Waals surface area contributed by atoms with Crippen LogP contribution in [0.5, 0.6) is 0 Å². The fraction of sp³-hybridized carbons (Fsp3) is 0.455. The second-order valence-electron chi connectivity index (χ2n) is 7.18. The highest BCUT2D eigenvalue weighted by atomic mass is 127. The van der Waals surface area contributed by atoms with Crippen LogP contribution in [0.2, 0.25) is 0 Å². The average molecular weight is 526 g/mol. The first-order valence-electron chi connectivity index (χ1n) is 10.0. The second-order valence-corrected chi connectivity index (χ2v) is 7.18. The molecule has 0 bridgehead atoms. The zero-order chi connectivity index (χ0) is 20.6. The number of halogens is 1. The molecule has 8 heteroatoms. The number of amides is 1. The van der Waals surface area contributed by atoms with Gasteiger partial charge in [0.15, 0.2) is 11.7 Å². The van der Waals surface area contributed by atoms with Crippen LogP contribution in [-0.2, 0) is 4.74 Å². The standard InChI is InChI=1S/C22H30N4O3.HI/c1-16-7-4-5-8-18(16)19-15-26(12-14-28-19)22(23-3)25-11-6-10-24-21(27)20-17(2)9-13-29-20;/h4-5,7-9,13,19H,6,10-12,14-15H2,1-3H3,(H,23,25)(H,24,27);1H. The van der Waals surface area contributed by atoms with Gasteiger partial charge in [-0.3, -0.25) is 9.79 Å². The van der Waals surface area contributed by atoms with Crippen LogP contribution in [0.15, 0.2) is 46.0 Å². The summed E-state index contributed by atoms with van der Waals surface area (Å²) in [5.74, 6) is 1.07. The molecule has 1 aliphatic heterocycles. The minimum Gasteiger partial charge on any atom is -0.459 e. The first kappa shape index (κ1) is 24.2. The lowest BCUT2D eigenvalue weighted by Gasteiger charge is -2.35. The molecule has 1 fully saturated rings. The number of aryl methyl sites for hydroxylation is 2. The number of hydrogen-bond acceptors (Lipinski definition) is 4. The Hall–Kier alpha value is -2.07. The van der Waals surface area contributed by atoms with Gasteiger partial charge in [-0.05, 0) is 37.5 Å². The Labute approximate surface area is 195 Å². The molecule has 2 N–H and O–H groups in total. The normalized spacial score (nSPS) is 16.7. The van der Waals surface area contributed by atoms with E-state index < -0.39 is 0 Å². The number of aliphatic imine (C=N–C) groups is 1. The monoisotopic (exact) mass is 526 g/mol. The number of morpholine rings is 1. The molecule has 1 atom stereocenters. The van der Waals surface area contributed by atoms with Crippen molar-refractivity contribution in [1.82, 2.24) is 15.5 Å². The van der Waals surface area contributed by atoms with E-state index >= 15 is 0 Å². The van der Waals surface area contributed by atoms with Crippen molar-refractivity contribution in [2.45, 2.75) is 26.4 Å². The number of furan rings is 1. The van der Waals surface area contributed by atoms with E-state index in [0.717, 1.165) is 37.6 Å². The lowest BCUT2D eigenvalue weighted by molar-refractivity contribution is -0.00830. The molecule has 1 unspecified atom stereocenters. The van der Waals surface area contributed by atoms with Gasteiger partial charge < -0.3 is 24.7 Å². The Morgan fingerprint density at radius 3 is 2.63 bits per heavy atom. The maximum Gasteiger partial charge on any atom is 0.287 e. The number of carbonyl (C=O) groups is 1. The molecule has 1 aliphatic rings. The van der Waals surface area contributed by atoms with Crippen molar-refractivity contribution in [1.29, 1.82) is 0 Å². The van der Waals surface area contributed by atoms with Crippen LogP contribution in [-0.4, -0.2) is 56.6 Å². The van der Waals surface area contributed by atoms with Crippen molar-refractivity contribution in [3.63, 3.8) is 0 Å². The number of nitrogens with one attached hydrogen (secondary N) is 2. The summed E-state index contributed by atoms with van der Waals surface area (Å²) in [6.45, 7) is 7.49.